The number of methoxy groups -OCH3 is 1. The van der Waals surface area contributed by atoms with Gasteiger partial charge in [0, 0.05) is 31.4 Å². The van der Waals surface area contributed by atoms with Crippen molar-refractivity contribution in [3.8, 4) is 17.0 Å². The van der Waals surface area contributed by atoms with Crippen LogP contribution in [0.2, 0.25) is 0 Å². The van der Waals surface area contributed by atoms with Gasteiger partial charge >= 0.3 is 0 Å². The summed E-state index contributed by atoms with van der Waals surface area (Å²) >= 11 is 0. The molecule has 0 spiro atoms. The molecule has 3 N–H and O–H groups in total. The molecule has 0 saturated carbocycles. The normalized spacial score (nSPS) is 21.3. The molecule has 3 aromatic rings. The van der Waals surface area contributed by atoms with Crippen LogP contribution in [-0.4, -0.2) is 77.7 Å². The van der Waals surface area contributed by atoms with E-state index in [4.69, 9.17) is 15.0 Å². The van der Waals surface area contributed by atoms with Crippen molar-refractivity contribution in [2.45, 2.75) is 31.6 Å². The van der Waals surface area contributed by atoms with Crippen molar-refractivity contribution in [1.82, 2.24) is 19.5 Å². The predicted octanol–water partition coefficient (Wildman–Crippen LogP) is 3.72. The average molecular weight is 469 g/mol. The Morgan fingerprint density at radius 2 is 2.18 bits per heavy atom. The van der Waals surface area contributed by atoms with E-state index < -0.39 is 6.17 Å². The van der Waals surface area contributed by atoms with Crippen molar-refractivity contribution in [1.29, 1.82) is 5.53 Å². The molecule has 11 heteroatoms. The molecule has 0 aliphatic carbocycles. The zero-order valence-corrected chi connectivity index (χ0v) is 19.3. The number of hydrogen-bond donors (Lipinski definition) is 3. The fourth-order valence-corrected chi connectivity index (χ4v) is 4.58. The summed E-state index contributed by atoms with van der Waals surface area (Å²) in [6.07, 6.45) is 1.48. The van der Waals surface area contributed by atoms with Crippen LogP contribution in [0, 0.1) is 5.53 Å². The van der Waals surface area contributed by atoms with Gasteiger partial charge < -0.3 is 20.1 Å². The topological polar surface area (TPSA) is 112 Å². The summed E-state index contributed by atoms with van der Waals surface area (Å²) in [7, 11) is 1.56. The number of halogens is 1. The third-order valence-corrected chi connectivity index (χ3v) is 6.49. The van der Waals surface area contributed by atoms with Crippen molar-refractivity contribution in [2.24, 2.45) is 5.11 Å². The van der Waals surface area contributed by atoms with Crippen LogP contribution in [-0.2, 0) is 4.74 Å². The predicted molar refractivity (Wildman–Crippen MR) is 127 cm³/mol. The van der Waals surface area contributed by atoms with Gasteiger partial charge in [-0.1, -0.05) is 6.07 Å². The van der Waals surface area contributed by atoms with Gasteiger partial charge in [0.1, 0.15) is 17.4 Å². The highest BCUT2D eigenvalue weighted by Crippen LogP contribution is 2.36. The molecular formula is C23H29FN8O2. The third kappa shape index (κ3) is 4.16. The van der Waals surface area contributed by atoms with E-state index in [1.807, 2.05) is 31.3 Å². The van der Waals surface area contributed by atoms with E-state index in [0.717, 1.165) is 23.4 Å². The monoisotopic (exact) mass is 468 g/mol. The largest absolute Gasteiger partial charge is 0.479 e. The Morgan fingerprint density at radius 1 is 1.32 bits per heavy atom. The number of aromatic nitrogens is 3. The molecule has 2 aromatic heterocycles. The number of piperidine rings is 1. The van der Waals surface area contributed by atoms with Gasteiger partial charge in [-0.05, 0) is 37.1 Å². The first-order chi connectivity index (χ1) is 16.6. The molecule has 2 aliphatic heterocycles. The molecule has 34 heavy (non-hydrogen) atoms. The summed E-state index contributed by atoms with van der Waals surface area (Å²) in [5, 5.41) is 14.6. The number of alkyl halides is 1. The number of benzene rings is 1. The Labute approximate surface area is 197 Å². The van der Waals surface area contributed by atoms with E-state index in [1.165, 1.54) is 0 Å². The first kappa shape index (κ1) is 22.5. The molecular weight excluding hydrogens is 439 g/mol. The summed E-state index contributed by atoms with van der Waals surface area (Å²) in [5.41, 5.74) is 11.3. The molecule has 180 valence electrons. The zero-order valence-electron chi connectivity index (χ0n) is 19.3. The Balaban J connectivity index is 1.41. The molecule has 4 heterocycles. The summed E-state index contributed by atoms with van der Waals surface area (Å²) < 4.78 is 27.5. The Morgan fingerprint density at radius 3 is 2.85 bits per heavy atom. The highest BCUT2D eigenvalue weighted by molar-refractivity contribution is 5.87. The van der Waals surface area contributed by atoms with Crippen LogP contribution >= 0.6 is 0 Å². The summed E-state index contributed by atoms with van der Waals surface area (Å²) in [4.78, 5) is 6.71. The van der Waals surface area contributed by atoms with Gasteiger partial charge in [-0.25, -0.2) is 14.4 Å². The minimum atomic E-state index is -1.02. The number of anilines is 2. The molecule has 1 aromatic carbocycles. The minimum absolute atomic E-state index is 0.330. The van der Waals surface area contributed by atoms with Gasteiger partial charge in [0.15, 0.2) is 0 Å². The molecule has 10 nitrogen and oxygen atoms in total. The second-order valence-corrected chi connectivity index (χ2v) is 8.58. The number of ether oxygens (including phenoxy) is 2. The lowest BCUT2D eigenvalue weighted by Crippen LogP contribution is -2.57. The maximum Gasteiger partial charge on any atom is 0.244 e. The van der Waals surface area contributed by atoms with Crippen LogP contribution in [0.1, 0.15) is 13.3 Å². The quantitative estimate of drug-likeness (QED) is 0.432. The van der Waals surface area contributed by atoms with Crippen molar-refractivity contribution in [3.05, 3.63) is 30.5 Å². The van der Waals surface area contributed by atoms with Crippen LogP contribution in [0.25, 0.3) is 16.6 Å². The molecule has 0 amide bonds. The van der Waals surface area contributed by atoms with Crippen LogP contribution in [0.15, 0.2) is 35.6 Å². The number of nitrogens with zero attached hydrogens (tertiary/aromatic N) is 5. The van der Waals surface area contributed by atoms with E-state index in [0.29, 0.717) is 61.8 Å². The third-order valence-electron chi connectivity index (χ3n) is 6.49. The Hall–Kier alpha value is -3.31. The van der Waals surface area contributed by atoms with Crippen molar-refractivity contribution >= 4 is 22.8 Å². The van der Waals surface area contributed by atoms with Crippen molar-refractivity contribution in [2.75, 3.05) is 50.6 Å². The Kier molecular flexibility index (Phi) is 6.29. The highest BCUT2D eigenvalue weighted by atomic mass is 19.1. The van der Waals surface area contributed by atoms with E-state index in [9.17, 15) is 4.39 Å². The summed E-state index contributed by atoms with van der Waals surface area (Å²) in [6.45, 7) is 5.28. The first-order valence-electron chi connectivity index (χ1n) is 11.5. The molecule has 0 unspecified atom stereocenters. The van der Waals surface area contributed by atoms with E-state index in [1.54, 1.807) is 17.7 Å². The zero-order chi connectivity index (χ0) is 23.7. The van der Waals surface area contributed by atoms with Crippen LogP contribution in [0.5, 0.6) is 5.88 Å². The first-order valence-corrected chi connectivity index (χ1v) is 11.5. The van der Waals surface area contributed by atoms with Gasteiger partial charge in [0.25, 0.3) is 0 Å². The average Bonchev–Trinajstić information content (AvgIpc) is 3.23. The van der Waals surface area contributed by atoms with Crippen molar-refractivity contribution in [3.63, 3.8) is 0 Å². The van der Waals surface area contributed by atoms with Crippen LogP contribution < -0.4 is 15.4 Å². The number of fused-ring (bicyclic) bond motifs is 1. The second kappa shape index (κ2) is 9.51. The molecule has 2 saturated heterocycles. The van der Waals surface area contributed by atoms with Gasteiger partial charge in [-0.15, -0.1) is 5.10 Å². The molecule has 2 aliphatic rings. The van der Waals surface area contributed by atoms with E-state index in [2.05, 4.69) is 30.7 Å². The molecule has 5 rings (SSSR count). The van der Waals surface area contributed by atoms with Crippen LogP contribution in [0.4, 0.5) is 21.7 Å². The lowest BCUT2D eigenvalue weighted by molar-refractivity contribution is -0.0794. The summed E-state index contributed by atoms with van der Waals surface area (Å²) in [5.74, 6) is 0.729. The van der Waals surface area contributed by atoms with Crippen LogP contribution in [0.3, 0.4) is 0 Å². The molecule has 0 radical (unpaired) electrons. The van der Waals surface area contributed by atoms with Crippen molar-refractivity contribution < 1.29 is 13.9 Å². The number of hydrogen-bond acceptors (Lipinski definition) is 9. The molecule has 0 bridgehead atoms. The van der Waals surface area contributed by atoms with Gasteiger partial charge in [0.05, 0.1) is 38.1 Å². The van der Waals surface area contributed by atoms with Gasteiger partial charge in [-0.2, -0.15) is 10.1 Å². The lowest BCUT2D eigenvalue weighted by Gasteiger charge is -2.42. The smallest absolute Gasteiger partial charge is 0.244 e. The van der Waals surface area contributed by atoms with Gasteiger partial charge in [0.2, 0.25) is 11.8 Å². The highest BCUT2D eigenvalue weighted by Gasteiger charge is 2.35. The van der Waals surface area contributed by atoms with E-state index >= 15 is 0 Å². The second-order valence-electron chi connectivity index (χ2n) is 8.58. The number of likely N-dealkylation sites (tertiary alicyclic amines) is 1. The Bertz CT molecular complexity index is 1180. The maximum atomic E-state index is 14.9. The lowest BCUT2D eigenvalue weighted by atomic mass is 10.0. The minimum Gasteiger partial charge on any atom is -0.479 e. The van der Waals surface area contributed by atoms with E-state index in [-0.39, 0.29) is 6.04 Å². The SMILES string of the molecule is CCNc1cc(-c2ccn3nc(N[C@H]4CCN(C5COC5)C[C@H]4F)nc(OC)c23)ccc1N=N. The maximum absolute atomic E-state index is 14.9. The summed E-state index contributed by atoms with van der Waals surface area (Å²) in [6, 6.07) is 7.57. The fraction of sp³-hybridized carbons (Fsp3) is 0.478. The number of rotatable bonds is 8. The fourth-order valence-electron chi connectivity index (χ4n) is 4.58. The standard InChI is InChI=1S/C23H29FN8O2/c1-3-26-20-10-14(4-5-19(20)29-25)16-6-9-32-21(16)22(33-2)28-23(30-32)27-18-7-8-31(11-17(18)24)15-12-34-13-15/h4-6,9-10,15,17-18,25-26H,3,7-8,11-13H2,1-2H3,(H,27,30)/t17-,18+/m1/s1. The molecule has 2 fully saturated rings. The number of nitrogens with one attached hydrogen (secondary N) is 3. The molecule has 2 atom stereocenters. The van der Waals surface area contributed by atoms with Gasteiger partial charge in [-0.3, -0.25) is 4.90 Å².